The van der Waals surface area contributed by atoms with Gasteiger partial charge in [0, 0.05) is 0 Å². The standard InChI is InChI=1S/C14H18O3/c1-2-5-12(13(15)16)14(17)9-8-10-6-3-4-7-11(10)14/h3-4,6-7,12,17H,2,5,8-9H2,1H3,(H,15,16). The molecule has 2 N–H and O–H groups in total. The molecule has 3 heteroatoms. The van der Waals surface area contributed by atoms with Crippen LogP contribution >= 0.6 is 0 Å². The van der Waals surface area contributed by atoms with Gasteiger partial charge in [-0.3, -0.25) is 4.79 Å². The van der Waals surface area contributed by atoms with Crippen molar-refractivity contribution in [3.05, 3.63) is 35.4 Å². The Morgan fingerprint density at radius 3 is 2.82 bits per heavy atom. The second kappa shape index (κ2) is 4.49. The molecule has 0 fully saturated rings. The number of hydrogen-bond acceptors (Lipinski definition) is 2. The van der Waals surface area contributed by atoms with Crippen molar-refractivity contribution in [3.63, 3.8) is 0 Å². The molecule has 0 heterocycles. The van der Waals surface area contributed by atoms with E-state index in [1.165, 1.54) is 0 Å². The average Bonchev–Trinajstić information content (AvgIpc) is 2.65. The number of carbonyl (C=O) groups is 1. The number of aliphatic carboxylic acids is 1. The lowest BCUT2D eigenvalue weighted by atomic mass is 9.80. The lowest BCUT2D eigenvalue weighted by molar-refractivity contribution is -0.153. The van der Waals surface area contributed by atoms with Crippen LogP contribution in [0.15, 0.2) is 24.3 Å². The quantitative estimate of drug-likeness (QED) is 0.840. The molecular formula is C14H18O3. The molecule has 3 nitrogen and oxygen atoms in total. The van der Waals surface area contributed by atoms with Crippen LogP contribution in [0.25, 0.3) is 0 Å². The molecule has 0 spiro atoms. The van der Waals surface area contributed by atoms with Crippen LogP contribution in [0.2, 0.25) is 0 Å². The van der Waals surface area contributed by atoms with Gasteiger partial charge in [0.1, 0.15) is 5.60 Å². The van der Waals surface area contributed by atoms with Crippen LogP contribution in [0.3, 0.4) is 0 Å². The number of carboxylic acid groups (broad SMARTS) is 1. The van der Waals surface area contributed by atoms with Crippen LogP contribution in [0, 0.1) is 5.92 Å². The van der Waals surface area contributed by atoms with Gasteiger partial charge in [0.2, 0.25) is 0 Å². The van der Waals surface area contributed by atoms with Gasteiger partial charge in [0.25, 0.3) is 0 Å². The maximum Gasteiger partial charge on any atom is 0.309 e. The minimum atomic E-state index is -1.18. The molecule has 2 rings (SSSR count). The predicted molar refractivity (Wildman–Crippen MR) is 64.7 cm³/mol. The number of benzene rings is 1. The highest BCUT2D eigenvalue weighted by Crippen LogP contribution is 2.43. The fourth-order valence-corrected chi connectivity index (χ4v) is 2.84. The summed E-state index contributed by atoms with van der Waals surface area (Å²) in [5.41, 5.74) is 0.705. The van der Waals surface area contributed by atoms with E-state index in [9.17, 15) is 15.0 Å². The van der Waals surface area contributed by atoms with Crippen LogP contribution in [-0.4, -0.2) is 16.2 Å². The van der Waals surface area contributed by atoms with Crippen LogP contribution in [0.5, 0.6) is 0 Å². The molecular weight excluding hydrogens is 216 g/mol. The minimum absolute atomic E-state index is 0.514. The summed E-state index contributed by atoms with van der Waals surface area (Å²) in [5, 5.41) is 20.0. The normalized spacial score (nSPS) is 24.4. The van der Waals surface area contributed by atoms with E-state index in [1.54, 1.807) is 0 Å². The van der Waals surface area contributed by atoms with Crippen molar-refractivity contribution in [2.45, 2.75) is 38.2 Å². The predicted octanol–water partition coefficient (Wildman–Crippen LogP) is 2.32. The Labute approximate surface area is 101 Å². The lowest BCUT2D eigenvalue weighted by Crippen LogP contribution is -2.38. The summed E-state index contributed by atoms with van der Waals surface area (Å²) in [6, 6.07) is 7.62. The first-order valence-corrected chi connectivity index (χ1v) is 6.13. The number of fused-ring (bicyclic) bond motifs is 1. The highest BCUT2D eigenvalue weighted by atomic mass is 16.4. The number of carboxylic acids is 1. The largest absolute Gasteiger partial charge is 0.481 e. The van der Waals surface area contributed by atoms with Crippen molar-refractivity contribution < 1.29 is 15.0 Å². The van der Waals surface area contributed by atoms with Crippen LogP contribution < -0.4 is 0 Å². The van der Waals surface area contributed by atoms with Crippen molar-refractivity contribution in [2.75, 3.05) is 0 Å². The zero-order valence-corrected chi connectivity index (χ0v) is 10.0. The third-order valence-corrected chi connectivity index (χ3v) is 3.71. The van der Waals surface area contributed by atoms with Crippen molar-refractivity contribution in [2.24, 2.45) is 5.92 Å². The van der Waals surface area contributed by atoms with Crippen LogP contribution in [0.1, 0.15) is 37.3 Å². The van der Waals surface area contributed by atoms with E-state index < -0.39 is 17.5 Å². The summed E-state index contributed by atoms with van der Waals surface area (Å²) in [5.74, 6) is -1.60. The molecule has 92 valence electrons. The molecule has 1 aliphatic carbocycles. The molecule has 0 aromatic heterocycles. The third kappa shape index (κ3) is 1.95. The third-order valence-electron chi connectivity index (χ3n) is 3.71. The van der Waals surface area contributed by atoms with Gasteiger partial charge < -0.3 is 10.2 Å². The first kappa shape index (κ1) is 12.1. The van der Waals surface area contributed by atoms with E-state index in [4.69, 9.17) is 0 Å². The topological polar surface area (TPSA) is 57.5 Å². The Morgan fingerprint density at radius 1 is 1.47 bits per heavy atom. The Kier molecular flexibility index (Phi) is 3.20. The van der Waals surface area contributed by atoms with E-state index in [-0.39, 0.29) is 0 Å². The van der Waals surface area contributed by atoms with Gasteiger partial charge in [0.05, 0.1) is 5.92 Å². The average molecular weight is 234 g/mol. The summed E-state index contributed by atoms with van der Waals surface area (Å²) in [6.45, 7) is 1.94. The lowest BCUT2D eigenvalue weighted by Gasteiger charge is -2.30. The van der Waals surface area contributed by atoms with Gasteiger partial charge in [-0.15, -0.1) is 0 Å². The highest BCUT2D eigenvalue weighted by molar-refractivity contribution is 5.72. The Morgan fingerprint density at radius 2 is 2.18 bits per heavy atom. The minimum Gasteiger partial charge on any atom is -0.481 e. The highest BCUT2D eigenvalue weighted by Gasteiger charge is 2.46. The second-order valence-corrected chi connectivity index (χ2v) is 4.76. The smallest absolute Gasteiger partial charge is 0.309 e. The van der Waals surface area contributed by atoms with Crippen LogP contribution in [0.4, 0.5) is 0 Å². The maximum absolute atomic E-state index is 11.3. The summed E-state index contributed by atoms with van der Waals surface area (Å²) in [7, 11) is 0. The van der Waals surface area contributed by atoms with Gasteiger partial charge in [0.15, 0.2) is 0 Å². The number of aryl methyl sites for hydroxylation is 1. The van der Waals surface area contributed by atoms with Crippen molar-refractivity contribution in [1.29, 1.82) is 0 Å². The summed E-state index contributed by atoms with van der Waals surface area (Å²) in [6.07, 6.45) is 2.56. The van der Waals surface area contributed by atoms with Gasteiger partial charge >= 0.3 is 5.97 Å². The van der Waals surface area contributed by atoms with E-state index in [0.29, 0.717) is 12.8 Å². The van der Waals surface area contributed by atoms with Gasteiger partial charge in [-0.2, -0.15) is 0 Å². The fourth-order valence-electron chi connectivity index (χ4n) is 2.84. The molecule has 0 radical (unpaired) electrons. The second-order valence-electron chi connectivity index (χ2n) is 4.76. The molecule has 1 aromatic rings. The number of hydrogen-bond donors (Lipinski definition) is 2. The molecule has 1 aliphatic rings. The van der Waals surface area contributed by atoms with E-state index in [0.717, 1.165) is 24.0 Å². The Bertz CT molecular complexity index is 427. The molecule has 0 amide bonds. The van der Waals surface area contributed by atoms with Crippen LogP contribution in [-0.2, 0) is 16.8 Å². The molecule has 1 aromatic carbocycles. The maximum atomic E-state index is 11.3. The Balaban J connectivity index is 2.40. The van der Waals surface area contributed by atoms with Crippen molar-refractivity contribution in [3.8, 4) is 0 Å². The van der Waals surface area contributed by atoms with Gasteiger partial charge in [-0.05, 0) is 30.4 Å². The molecule has 0 aliphatic heterocycles. The monoisotopic (exact) mass is 234 g/mol. The molecule has 2 unspecified atom stereocenters. The van der Waals surface area contributed by atoms with Crippen molar-refractivity contribution in [1.82, 2.24) is 0 Å². The van der Waals surface area contributed by atoms with Gasteiger partial charge in [-0.1, -0.05) is 37.6 Å². The first-order chi connectivity index (χ1) is 8.09. The first-order valence-electron chi connectivity index (χ1n) is 6.13. The van der Waals surface area contributed by atoms with Crippen molar-refractivity contribution >= 4 is 5.97 Å². The Hall–Kier alpha value is -1.35. The van der Waals surface area contributed by atoms with E-state index in [2.05, 4.69) is 0 Å². The van der Waals surface area contributed by atoms with Gasteiger partial charge in [-0.25, -0.2) is 0 Å². The zero-order chi connectivity index (χ0) is 12.5. The summed E-state index contributed by atoms with van der Waals surface area (Å²) >= 11 is 0. The molecule has 0 bridgehead atoms. The SMILES string of the molecule is CCCC(C(=O)O)C1(O)CCc2ccccc21. The molecule has 2 atom stereocenters. The summed E-state index contributed by atoms with van der Waals surface area (Å²) in [4.78, 5) is 11.3. The number of aliphatic hydroxyl groups is 1. The molecule has 0 saturated heterocycles. The fraction of sp³-hybridized carbons (Fsp3) is 0.500. The molecule has 0 saturated carbocycles. The number of rotatable bonds is 4. The van der Waals surface area contributed by atoms with E-state index in [1.807, 2.05) is 31.2 Å². The zero-order valence-electron chi connectivity index (χ0n) is 10.0. The van der Waals surface area contributed by atoms with E-state index >= 15 is 0 Å². The summed E-state index contributed by atoms with van der Waals surface area (Å²) < 4.78 is 0. The molecule has 17 heavy (non-hydrogen) atoms.